The second-order valence-corrected chi connectivity index (χ2v) is 7.25. The normalized spacial score (nSPS) is 11.0. The fourth-order valence-corrected chi connectivity index (χ4v) is 3.55. The molecule has 4 heterocycles. The number of carbonyl (C=O) groups is 1. The lowest BCUT2D eigenvalue weighted by Gasteiger charge is -2.12. The Morgan fingerprint density at radius 3 is 2.75 bits per heavy atom. The van der Waals surface area contributed by atoms with Crippen molar-refractivity contribution in [2.45, 2.75) is 6.92 Å². The summed E-state index contributed by atoms with van der Waals surface area (Å²) in [5, 5.41) is 11.3. The van der Waals surface area contributed by atoms with Crippen LogP contribution >= 0.6 is 0 Å². The zero-order chi connectivity index (χ0) is 21.9. The SMILES string of the molecule is Cc1cc(NCCNC(=O)c2cc(-c3ccncc3)nc3ccccc23)n2ncnc2n1. The Morgan fingerprint density at radius 1 is 1.03 bits per heavy atom. The van der Waals surface area contributed by atoms with E-state index < -0.39 is 0 Å². The number of hydrogen-bond acceptors (Lipinski definition) is 7. The minimum absolute atomic E-state index is 0.155. The lowest BCUT2D eigenvalue weighted by Crippen LogP contribution is -2.29. The molecule has 0 fully saturated rings. The lowest BCUT2D eigenvalue weighted by atomic mass is 10.0. The third kappa shape index (κ3) is 3.83. The first-order chi connectivity index (χ1) is 15.7. The highest BCUT2D eigenvalue weighted by molar-refractivity contribution is 6.07. The average Bonchev–Trinajstić information content (AvgIpc) is 3.30. The molecule has 0 aliphatic carbocycles. The van der Waals surface area contributed by atoms with Crippen molar-refractivity contribution >= 4 is 28.4 Å². The Morgan fingerprint density at radius 2 is 1.88 bits per heavy atom. The van der Waals surface area contributed by atoms with Crippen LogP contribution < -0.4 is 10.6 Å². The van der Waals surface area contributed by atoms with Crippen molar-refractivity contribution < 1.29 is 4.79 Å². The van der Waals surface area contributed by atoms with Crippen LogP contribution in [0.2, 0.25) is 0 Å². The number of rotatable bonds is 6. The summed E-state index contributed by atoms with van der Waals surface area (Å²) in [5.74, 6) is 1.15. The second-order valence-electron chi connectivity index (χ2n) is 7.25. The monoisotopic (exact) mass is 424 g/mol. The molecule has 0 aliphatic rings. The van der Waals surface area contributed by atoms with Crippen LogP contribution in [0.1, 0.15) is 16.1 Å². The van der Waals surface area contributed by atoms with E-state index in [4.69, 9.17) is 4.98 Å². The molecule has 158 valence electrons. The Hall–Kier alpha value is -4.40. The van der Waals surface area contributed by atoms with Crippen LogP contribution in [0.3, 0.4) is 0 Å². The third-order valence-electron chi connectivity index (χ3n) is 5.03. The number of benzene rings is 1. The molecule has 5 rings (SSSR count). The molecule has 32 heavy (non-hydrogen) atoms. The zero-order valence-corrected chi connectivity index (χ0v) is 17.4. The van der Waals surface area contributed by atoms with Crippen molar-refractivity contribution in [1.82, 2.24) is 34.9 Å². The van der Waals surface area contributed by atoms with E-state index in [9.17, 15) is 4.79 Å². The van der Waals surface area contributed by atoms with E-state index in [1.807, 2.05) is 55.5 Å². The summed E-state index contributed by atoms with van der Waals surface area (Å²) in [6.07, 6.45) is 4.89. The molecule has 2 N–H and O–H groups in total. The molecule has 0 unspecified atom stereocenters. The molecular formula is C23H20N8O. The third-order valence-corrected chi connectivity index (χ3v) is 5.03. The van der Waals surface area contributed by atoms with Crippen molar-refractivity contribution in [1.29, 1.82) is 0 Å². The molecule has 0 saturated heterocycles. The molecule has 9 heteroatoms. The summed E-state index contributed by atoms with van der Waals surface area (Å²) in [6, 6.07) is 15.1. The van der Waals surface area contributed by atoms with E-state index in [2.05, 4.69) is 30.7 Å². The first-order valence-corrected chi connectivity index (χ1v) is 10.2. The Kier molecular flexibility index (Phi) is 5.12. The standard InChI is InChI=1S/C23H20N8O/c1-15-12-21(31-23(29-15)27-14-28-31)25-10-11-26-22(32)18-13-20(16-6-8-24-9-7-16)30-19-5-3-2-4-17(18)19/h2-9,12-14,25H,10-11H2,1H3,(H,26,32). The Bertz CT molecular complexity index is 1410. The van der Waals surface area contributed by atoms with Gasteiger partial charge in [0.2, 0.25) is 0 Å². The van der Waals surface area contributed by atoms with Crippen LogP contribution in [0, 0.1) is 6.92 Å². The molecule has 0 spiro atoms. The van der Waals surface area contributed by atoms with E-state index in [1.165, 1.54) is 6.33 Å². The lowest BCUT2D eigenvalue weighted by molar-refractivity contribution is 0.0957. The smallest absolute Gasteiger partial charge is 0.254 e. The number of hydrogen-bond donors (Lipinski definition) is 2. The van der Waals surface area contributed by atoms with E-state index in [0.717, 1.165) is 33.7 Å². The number of aryl methyl sites for hydroxylation is 1. The Balaban J connectivity index is 1.34. The predicted molar refractivity (Wildman–Crippen MR) is 121 cm³/mol. The number of pyridine rings is 2. The van der Waals surface area contributed by atoms with Gasteiger partial charge in [0.15, 0.2) is 0 Å². The fourth-order valence-electron chi connectivity index (χ4n) is 3.55. The van der Waals surface area contributed by atoms with Gasteiger partial charge in [-0.2, -0.15) is 14.6 Å². The second kappa shape index (κ2) is 8.38. The van der Waals surface area contributed by atoms with E-state index in [0.29, 0.717) is 24.4 Å². The van der Waals surface area contributed by atoms with Gasteiger partial charge in [0, 0.05) is 48.2 Å². The van der Waals surface area contributed by atoms with Crippen LogP contribution in [-0.4, -0.2) is 48.5 Å². The van der Waals surface area contributed by atoms with Gasteiger partial charge >= 0.3 is 0 Å². The first kappa shape index (κ1) is 19.6. The van der Waals surface area contributed by atoms with Gasteiger partial charge in [-0.1, -0.05) is 18.2 Å². The molecule has 1 amide bonds. The fraction of sp³-hybridized carbons (Fsp3) is 0.130. The average molecular weight is 424 g/mol. The maximum absolute atomic E-state index is 13.1. The largest absolute Gasteiger partial charge is 0.368 e. The number of carbonyl (C=O) groups excluding carboxylic acids is 1. The number of aromatic nitrogens is 6. The maximum Gasteiger partial charge on any atom is 0.254 e. The molecule has 4 aromatic heterocycles. The molecule has 0 atom stereocenters. The molecule has 0 aliphatic heterocycles. The summed E-state index contributed by atoms with van der Waals surface area (Å²) < 4.78 is 1.63. The summed E-state index contributed by atoms with van der Waals surface area (Å²) in [4.78, 5) is 30.3. The minimum Gasteiger partial charge on any atom is -0.368 e. The van der Waals surface area contributed by atoms with E-state index >= 15 is 0 Å². The van der Waals surface area contributed by atoms with Gasteiger partial charge in [0.05, 0.1) is 16.8 Å². The molecule has 9 nitrogen and oxygen atoms in total. The molecular weight excluding hydrogens is 404 g/mol. The number of fused-ring (bicyclic) bond motifs is 2. The molecule has 0 bridgehead atoms. The van der Waals surface area contributed by atoms with Gasteiger partial charge in [0.25, 0.3) is 11.7 Å². The quantitative estimate of drug-likeness (QED) is 0.403. The van der Waals surface area contributed by atoms with Crippen LogP contribution in [0.25, 0.3) is 27.9 Å². The predicted octanol–water partition coefficient (Wildman–Crippen LogP) is 2.88. The first-order valence-electron chi connectivity index (χ1n) is 10.2. The van der Waals surface area contributed by atoms with Crippen LogP contribution in [0.5, 0.6) is 0 Å². The van der Waals surface area contributed by atoms with Crippen LogP contribution in [-0.2, 0) is 0 Å². The molecule has 0 saturated carbocycles. The van der Waals surface area contributed by atoms with E-state index in [1.54, 1.807) is 16.9 Å². The number of nitrogens with one attached hydrogen (secondary N) is 2. The number of anilines is 1. The van der Waals surface area contributed by atoms with Gasteiger partial charge < -0.3 is 10.6 Å². The number of para-hydroxylation sites is 1. The van der Waals surface area contributed by atoms with Crippen molar-refractivity contribution in [3.05, 3.63) is 78.5 Å². The molecule has 1 aromatic carbocycles. The summed E-state index contributed by atoms with van der Waals surface area (Å²) in [5.41, 5.74) is 3.83. The van der Waals surface area contributed by atoms with Gasteiger partial charge in [-0.15, -0.1) is 0 Å². The van der Waals surface area contributed by atoms with Crippen molar-refractivity contribution in [2.24, 2.45) is 0 Å². The van der Waals surface area contributed by atoms with E-state index in [-0.39, 0.29) is 5.91 Å². The van der Waals surface area contributed by atoms with Crippen molar-refractivity contribution in [3.63, 3.8) is 0 Å². The highest BCUT2D eigenvalue weighted by Gasteiger charge is 2.14. The topological polar surface area (TPSA) is 110 Å². The maximum atomic E-state index is 13.1. The van der Waals surface area contributed by atoms with Crippen molar-refractivity contribution in [3.8, 4) is 11.3 Å². The zero-order valence-electron chi connectivity index (χ0n) is 17.4. The Labute approximate surface area is 183 Å². The molecule has 0 radical (unpaired) electrons. The van der Waals surface area contributed by atoms with Gasteiger partial charge in [-0.3, -0.25) is 9.78 Å². The summed E-state index contributed by atoms with van der Waals surface area (Å²) in [6.45, 7) is 2.85. The summed E-state index contributed by atoms with van der Waals surface area (Å²) >= 11 is 0. The highest BCUT2D eigenvalue weighted by atomic mass is 16.1. The number of nitrogens with zero attached hydrogens (tertiary/aromatic N) is 6. The van der Waals surface area contributed by atoms with Crippen molar-refractivity contribution in [2.75, 3.05) is 18.4 Å². The van der Waals surface area contributed by atoms with Gasteiger partial charge in [0.1, 0.15) is 12.1 Å². The van der Waals surface area contributed by atoms with Gasteiger partial charge in [-0.25, -0.2) is 9.97 Å². The summed E-state index contributed by atoms with van der Waals surface area (Å²) in [7, 11) is 0. The van der Waals surface area contributed by atoms with Crippen LogP contribution in [0.15, 0.2) is 67.3 Å². The van der Waals surface area contributed by atoms with Crippen LogP contribution in [0.4, 0.5) is 5.82 Å². The minimum atomic E-state index is -0.155. The van der Waals surface area contributed by atoms with Gasteiger partial charge in [-0.05, 0) is 31.2 Å². The highest BCUT2D eigenvalue weighted by Crippen LogP contribution is 2.24. The number of amides is 1. The molecule has 5 aromatic rings.